The third-order valence-electron chi connectivity index (χ3n) is 6.09. The van der Waals surface area contributed by atoms with Gasteiger partial charge in [-0.15, -0.1) is 0 Å². The molecular formula is C25H21F6N3O. The van der Waals surface area contributed by atoms with E-state index >= 15 is 0 Å². The maximum Gasteiger partial charge on any atom is 0.230 e. The molecule has 10 heteroatoms. The smallest absolute Gasteiger partial charge is 0.230 e. The highest BCUT2D eigenvalue weighted by molar-refractivity contribution is 5.92. The van der Waals surface area contributed by atoms with Crippen molar-refractivity contribution in [3.63, 3.8) is 0 Å². The Kier molecular flexibility index (Phi) is 7.37. The van der Waals surface area contributed by atoms with Gasteiger partial charge >= 0.3 is 0 Å². The van der Waals surface area contributed by atoms with Gasteiger partial charge in [-0.1, -0.05) is 32.1 Å². The monoisotopic (exact) mass is 493 g/mol. The summed E-state index contributed by atoms with van der Waals surface area (Å²) in [5.41, 5.74) is 0.227. The van der Waals surface area contributed by atoms with E-state index in [-0.39, 0.29) is 11.7 Å². The molecular weight excluding hydrogens is 472 g/mol. The number of anilines is 1. The van der Waals surface area contributed by atoms with Crippen LogP contribution in [0.4, 0.5) is 32.2 Å². The van der Waals surface area contributed by atoms with Crippen molar-refractivity contribution in [2.75, 3.05) is 5.32 Å². The molecule has 4 nitrogen and oxygen atoms in total. The molecule has 35 heavy (non-hydrogen) atoms. The lowest BCUT2D eigenvalue weighted by Crippen LogP contribution is -2.21. The SMILES string of the molecule is O=C(Cc1c(F)c(F)c(F)c(F)c1F)Nc1ncc(-c2ccc(F)cc2)nc1CC1CCCCC1. The van der Waals surface area contributed by atoms with Crippen molar-refractivity contribution >= 4 is 11.7 Å². The molecule has 0 atom stereocenters. The molecule has 1 fully saturated rings. The summed E-state index contributed by atoms with van der Waals surface area (Å²) in [6.07, 6.45) is 5.89. The average Bonchev–Trinajstić information content (AvgIpc) is 2.86. The first kappa shape index (κ1) is 24.7. The molecule has 1 amide bonds. The molecule has 3 aromatic rings. The van der Waals surface area contributed by atoms with Gasteiger partial charge in [0.05, 0.1) is 24.0 Å². The van der Waals surface area contributed by atoms with E-state index in [4.69, 9.17) is 0 Å². The van der Waals surface area contributed by atoms with Crippen molar-refractivity contribution in [3.8, 4) is 11.3 Å². The minimum absolute atomic E-state index is 0.0373. The normalized spacial score (nSPS) is 14.2. The standard InChI is InChI=1S/C25H21F6N3O/c26-15-8-6-14(7-9-15)18-12-32-25(17(33-18)10-13-4-2-1-3-5-13)34-19(35)11-16-20(27)22(29)24(31)23(30)21(16)28/h6-9,12-13H,1-5,10-11H2,(H,32,34,35). The van der Waals surface area contributed by atoms with E-state index < -0.39 is 52.8 Å². The number of nitrogens with zero attached hydrogens (tertiary/aromatic N) is 2. The van der Waals surface area contributed by atoms with Crippen molar-refractivity contribution < 1.29 is 31.1 Å². The zero-order valence-electron chi connectivity index (χ0n) is 18.5. The molecule has 1 aromatic heterocycles. The summed E-state index contributed by atoms with van der Waals surface area (Å²) >= 11 is 0. The first-order valence-electron chi connectivity index (χ1n) is 11.2. The van der Waals surface area contributed by atoms with Gasteiger partial charge in [-0.3, -0.25) is 4.79 Å². The zero-order valence-corrected chi connectivity index (χ0v) is 18.5. The fourth-order valence-corrected chi connectivity index (χ4v) is 4.24. The van der Waals surface area contributed by atoms with Crippen molar-refractivity contribution in [3.05, 3.63) is 76.6 Å². The lowest BCUT2D eigenvalue weighted by atomic mass is 9.86. The van der Waals surface area contributed by atoms with Crippen molar-refractivity contribution in [2.45, 2.75) is 44.9 Å². The van der Waals surface area contributed by atoms with Gasteiger partial charge in [0, 0.05) is 11.1 Å². The molecule has 184 valence electrons. The van der Waals surface area contributed by atoms with Crippen LogP contribution < -0.4 is 5.32 Å². The predicted molar refractivity (Wildman–Crippen MR) is 116 cm³/mol. The highest BCUT2D eigenvalue weighted by Gasteiger charge is 2.27. The van der Waals surface area contributed by atoms with Crippen molar-refractivity contribution in [1.82, 2.24) is 9.97 Å². The van der Waals surface area contributed by atoms with Crippen LogP contribution in [-0.2, 0) is 17.6 Å². The maximum atomic E-state index is 14.0. The number of rotatable bonds is 6. The summed E-state index contributed by atoms with van der Waals surface area (Å²) in [7, 11) is 0. The lowest BCUT2D eigenvalue weighted by Gasteiger charge is -2.22. The van der Waals surface area contributed by atoms with E-state index in [0.29, 0.717) is 23.4 Å². The Balaban J connectivity index is 1.61. The zero-order chi connectivity index (χ0) is 25.1. The highest BCUT2D eigenvalue weighted by atomic mass is 19.2. The highest BCUT2D eigenvalue weighted by Crippen LogP contribution is 2.30. The second-order valence-corrected chi connectivity index (χ2v) is 8.54. The number of nitrogens with one attached hydrogen (secondary N) is 1. The first-order valence-corrected chi connectivity index (χ1v) is 11.2. The van der Waals surface area contributed by atoms with E-state index in [1.54, 1.807) is 0 Å². The van der Waals surface area contributed by atoms with Gasteiger partial charge in [-0.2, -0.15) is 0 Å². The number of benzene rings is 2. The molecule has 4 rings (SSSR count). The topological polar surface area (TPSA) is 54.9 Å². The number of hydrogen-bond acceptors (Lipinski definition) is 3. The van der Waals surface area contributed by atoms with Crippen LogP contribution in [0, 0.1) is 40.8 Å². The second kappa shape index (κ2) is 10.5. The first-order chi connectivity index (χ1) is 16.7. The number of carbonyl (C=O) groups is 1. The Labute approximate surface area is 197 Å². The Hall–Kier alpha value is -3.43. The minimum Gasteiger partial charge on any atom is -0.309 e. The van der Waals surface area contributed by atoms with Crippen LogP contribution in [0.5, 0.6) is 0 Å². The quantitative estimate of drug-likeness (QED) is 0.250. The largest absolute Gasteiger partial charge is 0.309 e. The van der Waals surface area contributed by atoms with Crippen LogP contribution >= 0.6 is 0 Å². The summed E-state index contributed by atoms with van der Waals surface area (Å²) in [4.78, 5) is 21.4. The molecule has 0 saturated heterocycles. The molecule has 0 aliphatic heterocycles. The van der Waals surface area contributed by atoms with Gasteiger partial charge in [-0.05, 0) is 36.6 Å². The molecule has 1 aliphatic carbocycles. The average molecular weight is 493 g/mol. The summed E-state index contributed by atoms with van der Waals surface area (Å²) in [5.74, 6) is -11.7. The third-order valence-corrected chi connectivity index (χ3v) is 6.09. The Morgan fingerprint density at radius 3 is 2.09 bits per heavy atom. The maximum absolute atomic E-state index is 14.0. The molecule has 1 aliphatic rings. The fourth-order valence-electron chi connectivity index (χ4n) is 4.24. The predicted octanol–water partition coefficient (Wildman–Crippen LogP) is 6.28. The Morgan fingerprint density at radius 2 is 1.46 bits per heavy atom. The van der Waals surface area contributed by atoms with Crippen LogP contribution in [0.3, 0.4) is 0 Å². The molecule has 0 radical (unpaired) electrons. The second-order valence-electron chi connectivity index (χ2n) is 8.54. The van der Waals surface area contributed by atoms with Gasteiger partial charge < -0.3 is 5.32 Å². The Morgan fingerprint density at radius 1 is 0.857 bits per heavy atom. The Bertz CT molecular complexity index is 1210. The van der Waals surface area contributed by atoms with Gasteiger partial charge in [0.15, 0.2) is 29.1 Å². The summed E-state index contributed by atoms with van der Waals surface area (Å²) in [5, 5.41) is 2.40. The van der Waals surface area contributed by atoms with E-state index in [1.165, 1.54) is 30.5 Å². The molecule has 1 heterocycles. The fraction of sp³-hybridized carbons (Fsp3) is 0.320. The van der Waals surface area contributed by atoms with Crippen molar-refractivity contribution in [2.24, 2.45) is 5.92 Å². The molecule has 1 saturated carbocycles. The van der Waals surface area contributed by atoms with Crippen molar-refractivity contribution in [1.29, 1.82) is 0 Å². The molecule has 0 spiro atoms. The van der Waals surface area contributed by atoms with E-state index in [2.05, 4.69) is 15.3 Å². The van der Waals surface area contributed by atoms with Gasteiger partial charge in [0.25, 0.3) is 0 Å². The summed E-state index contributed by atoms with van der Waals surface area (Å²) < 4.78 is 81.6. The summed E-state index contributed by atoms with van der Waals surface area (Å²) in [6.45, 7) is 0. The molecule has 1 N–H and O–H groups in total. The van der Waals surface area contributed by atoms with E-state index in [1.807, 2.05) is 0 Å². The van der Waals surface area contributed by atoms with Crippen LogP contribution in [0.1, 0.15) is 43.4 Å². The van der Waals surface area contributed by atoms with Gasteiger partial charge in [0.2, 0.25) is 11.7 Å². The van der Waals surface area contributed by atoms with Crippen LogP contribution in [-0.4, -0.2) is 15.9 Å². The van der Waals surface area contributed by atoms with Crippen LogP contribution in [0.25, 0.3) is 11.3 Å². The number of halogens is 6. The van der Waals surface area contributed by atoms with E-state index in [0.717, 1.165) is 32.1 Å². The molecule has 2 aromatic carbocycles. The number of hydrogen-bond donors (Lipinski definition) is 1. The number of carbonyl (C=O) groups excluding carboxylic acids is 1. The minimum atomic E-state index is -2.29. The van der Waals surface area contributed by atoms with Gasteiger partial charge in [-0.25, -0.2) is 36.3 Å². The van der Waals surface area contributed by atoms with Crippen LogP contribution in [0.15, 0.2) is 30.5 Å². The van der Waals surface area contributed by atoms with Gasteiger partial charge in [0.1, 0.15) is 5.82 Å². The third kappa shape index (κ3) is 5.47. The number of aromatic nitrogens is 2. The number of amides is 1. The summed E-state index contributed by atoms with van der Waals surface area (Å²) in [6, 6.07) is 5.62. The lowest BCUT2D eigenvalue weighted by molar-refractivity contribution is -0.115. The van der Waals surface area contributed by atoms with E-state index in [9.17, 15) is 31.1 Å². The molecule has 0 unspecified atom stereocenters. The van der Waals surface area contributed by atoms with Crippen LogP contribution in [0.2, 0.25) is 0 Å². The molecule has 0 bridgehead atoms.